The summed E-state index contributed by atoms with van der Waals surface area (Å²) in [6.45, 7) is 3.46. The second-order valence-electron chi connectivity index (χ2n) is 8.15. The van der Waals surface area contributed by atoms with E-state index in [2.05, 4.69) is 35.0 Å². The molecule has 0 amide bonds. The molecule has 2 aliphatic rings. The molecule has 0 N–H and O–H groups in total. The summed E-state index contributed by atoms with van der Waals surface area (Å²) in [6.07, 6.45) is 12.8. The fourth-order valence-corrected chi connectivity index (χ4v) is 5.74. The Morgan fingerprint density at radius 3 is 2.75 bits per heavy atom. The maximum Gasteiger partial charge on any atom is 0.225 e. The van der Waals surface area contributed by atoms with Crippen molar-refractivity contribution >= 4 is 21.6 Å². The summed E-state index contributed by atoms with van der Waals surface area (Å²) in [5.74, 6) is 1.21. The molecule has 0 bridgehead atoms. The van der Waals surface area contributed by atoms with Gasteiger partial charge in [-0.2, -0.15) is 0 Å². The SMILES string of the molecule is C/C=C/COC[C@H]1CCc2sc3ncnc(OC4CCC(N(C)C)CC4)c3c21. The highest BCUT2D eigenvalue weighted by Crippen LogP contribution is 2.46. The third-order valence-corrected chi connectivity index (χ3v) is 7.29. The highest BCUT2D eigenvalue weighted by molar-refractivity contribution is 7.19. The third kappa shape index (κ3) is 4.09. The fraction of sp³-hybridized carbons (Fsp3) is 0.636. The smallest absolute Gasteiger partial charge is 0.225 e. The summed E-state index contributed by atoms with van der Waals surface area (Å²) < 4.78 is 12.3. The molecule has 1 fully saturated rings. The van der Waals surface area contributed by atoms with E-state index in [0.29, 0.717) is 18.6 Å². The second kappa shape index (κ2) is 8.89. The van der Waals surface area contributed by atoms with Gasteiger partial charge in [-0.25, -0.2) is 9.97 Å². The maximum absolute atomic E-state index is 6.46. The molecule has 6 heteroatoms. The number of aryl methyl sites for hydroxylation is 1. The molecule has 28 heavy (non-hydrogen) atoms. The minimum Gasteiger partial charge on any atom is -0.474 e. The Bertz CT molecular complexity index is 825. The Balaban J connectivity index is 1.52. The van der Waals surface area contributed by atoms with Gasteiger partial charge in [-0.05, 0) is 65.1 Å². The van der Waals surface area contributed by atoms with Crippen LogP contribution < -0.4 is 4.74 Å². The monoisotopic (exact) mass is 401 g/mol. The van der Waals surface area contributed by atoms with Gasteiger partial charge in [0.15, 0.2) is 0 Å². The van der Waals surface area contributed by atoms with Gasteiger partial charge in [-0.15, -0.1) is 11.3 Å². The zero-order valence-electron chi connectivity index (χ0n) is 17.2. The number of aromatic nitrogens is 2. The third-order valence-electron chi connectivity index (χ3n) is 6.12. The molecule has 2 aromatic rings. The summed E-state index contributed by atoms with van der Waals surface area (Å²) >= 11 is 1.81. The number of hydrogen-bond acceptors (Lipinski definition) is 6. The second-order valence-corrected chi connectivity index (χ2v) is 9.24. The van der Waals surface area contributed by atoms with Crippen LogP contribution in [0.25, 0.3) is 10.2 Å². The van der Waals surface area contributed by atoms with Crippen molar-refractivity contribution in [2.45, 2.75) is 63.5 Å². The van der Waals surface area contributed by atoms with Crippen LogP contribution in [0.4, 0.5) is 0 Å². The van der Waals surface area contributed by atoms with E-state index in [1.54, 1.807) is 6.33 Å². The highest BCUT2D eigenvalue weighted by Gasteiger charge is 2.31. The first kappa shape index (κ1) is 19.8. The molecule has 5 nitrogen and oxygen atoms in total. The molecule has 1 saturated carbocycles. The molecule has 0 radical (unpaired) electrons. The van der Waals surface area contributed by atoms with Gasteiger partial charge in [0.25, 0.3) is 0 Å². The van der Waals surface area contributed by atoms with Crippen LogP contribution in [0.1, 0.15) is 55.4 Å². The predicted molar refractivity (Wildman–Crippen MR) is 114 cm³/mol. The summed E-state index contributed by atoms with van der Waals surface area (Å²) in [6, 6.07) is 0.675. The van der Waals surface area contributed by atoms with Gasteiger partial charge in [0.05, 0.1) is 18.6 Å². The van der Waals surface area contributed by atoms with Gasteiger partial charge in [0.2, 0.25) is 5.88 Å². The van der Waals surface area contributed by atoms with Crippen LogP contribution in [0.3, 0.4) is 0 Å². The number of nitrogens with zero attached hydrogens (tertiary/aromatic N) is 3. The lowest BCUT2D eigenvalue weighted by molar-refractivity contribution is 0.108. The molecule has 0 spiro atoms. The van der Waals surface area contributed by atoms with E-state index in [0.717, 1.165) is 48.4 Å². The van der Waals surface area contributed by atoms with Crippen LogP contribution in [0.2, 0.25) is 0 Å². The fourth-order valence-electron chi connectivity index (χ4n) is 4.51. The van der Waals surface area contributed by atoms with E-state index in [1.807, 2.05) is 24.3 Å². The van der Waals surface area contributed by atoms with Crippen LogP contribution >= 0.6 is 11.3 Å². The molecule has 0 unspecified atom stereocenters. The van der Waals surface area contributed by atoms with E-state index >= 15 is 0 Å². The van der Waals surface area contributed by atoms with E-state index < -0.39 is 0 Å². The molecule has 0 saturated heterocycles. The average molecular weight is 402 g/mol. The number of ether oxygens (including phenoxy) is 2. The normalized spacial score (nSPS) is 25.1. The molecule has 4 rings (SSSR count). The first-order valence-electron chi connectivity index (χ1n) is 10.5. The van der Waals surface area contributed by atoms with E-state index in [1.165, 1.54) is 23.3 Å². The topological polar surface area (TPSA) is 47.5 Å². The van der Waals surface area contributed by atoms with Crippen LogP contribution in [0.15, 0.2) is 18.5 Å². The standard InChI is InChI=1S/C22H31N3O2S/c1-4-5-12-26-13-15-6-11-18-19(15)20-21(23-14-24-22(20)28-18)27-17-9-7-16(8-10-17)25(2)3/h4-5,14-17H,6-13H2,1-3H3/b5-4+/t15-,16?,17?/m1/s1. The van der Waals surface area contributed by atoms with Crippen molar-refractivity contribution in [2.24, 2.45) is 0 Å². The zero-order valence-corrected chi connectivity index (χ0v) is 18.0. The van der Waals surface area contributed by atoms with E-state index in [4.69, 9.17) is 9.47 Å². The van der Waals surface area contributed by atoms with Crippen molar-refractivity contribution in [1.29, 1.82) is 0 Å². The summed E-state index contributed by atoms with van der Waals surface area (Å²) in [4.78, 5) is 13.9. The minimum atomic E-state index is 0.260. The Hall–Kier alpha value is -1.50. The van der Waals surface area contributed by atoms with Crippen LogP contribution in [0, 0.1) is 0 Å². The molecule has 2 heterocycles. The van der Waals surface area contributed by atoms with E-state index in [-0.39, 0.29) is 6.10 Å². The lowest BCUT2D eigenvalue weighted by Gasteiger charge is -2.32. The summed E-state index contributed by atoms with van der Waals surface area (Å²) in [5, 5.41) is 1.15. The molecule has 2 aliphatic carbocycles. The van der Waals surface area contributed by atoms with Gasteiger partial charge in [-0.3, -0.25) is 0 Å². The highest BCUT2D eigenvalue weighted by atomic mass is 32.1. The van der Waals surface area contributed by atoms with Gasteiger partial charge < -0.3 is 14.4 Å². The first-order chi connectivity index (χ1) is 13.7. The lowest BCUT2D eigenvalue weighted by atomic mass is 9.92. The average Bonchev–Trinajstić information content (AvgIpc) is 3.25. The van der Waals surface area contributed by atoms with E-state index in [9.17, 15) is 0 Å². The molecular formula is C22H31N3O2S. The van der Waals surface area contributed by atoms with Crippen LogP contribution in [-0.4, -0.2) is 54.3 Å². The largest absolute Gasteiger partial charge is 0.474 e. The first-order valence-corrected chi connectivity index (χ1v) is 11.3. The zero-order chi connectivity index (χ0) is 19.5. The van der Waals surface area contributed by atoms with Crippen LogP contribution in [-0.2, 0) is 11.2 Å². The number of thiophene rings is 1. The van der Waals surface area contributed by atoms with Gasteiger partial charge >= 0.3 is 0 Å². The van der Waals surface area contributed by atoms with Crippen molar-refractivity contribution in [3.05, 3.63) is 28.9 Å². The molecule has 152 valence electrons. The van der Waals surface area contributed by atoms with Crippen molar-refractivity contribution in [1.82, 2.24) is 14.9 Å². The van der Waals surface area contributed by atoms with Gasteiger partial charge in [0.1, 0.15) is 17.3 Å². The number of allylic oxidation sites excluding steroid dienone is 1. The number of rotatable bonds is 7. The van der Waals surface area contributed by atoms with Crippen LogP contribution in [0.5, 0.6) is 5.88 Å². The molecular weight excluding hydrogens is 370 g/mol. The summed E-state index contributed by atoms with van der Waals surface area (Å²) in [7, 11) is 4.35. The number of fused-ring (bicyclic) bond motifs is 3. The lowest BCUT2D eigenvalue weighted by Crippen LogP contribution is -2.35. The van der Waals surface area contributed by atoms with Crippen molar-refractivity contribution in [3.63, 3.8) is 0 Å². The molecule has 0 aliphatic heterocycles. The van der Waals surface area contributed by atoms with Gasteiger partial charge in [0, 0.05) is 16.8 Å². The Morgan fingerprint density at radius 1 is 1.18 bits per heavy atom. The quantitative estimate of drug-likeness (QED) is 0.503. The predicted octanol–water partition coefficient (Wildman–Crippen LogP) is 4.57. The maximum atomic E-state index is 6.46. The molecule has 0 aromatic carbocycles. The van der Waals surface area contributed by atoms with Crippen molar-refractivity contribution in [3.8, 4) is 5.88 Å². The van der Waals surface area contributed by atoms with Crippen molar-refractivity contribution in [2.75, 3.05) is 27.3 Å². The van der Waals surface area contributed by atoms with Crippen molar-refractivity contribution < 1.29 is 9.47 Å². The molecule has 2 aromatic heterocycles. The Kier molecular flexibility index (Phi) is 6.28. The Morgan fingerprint density at radius 2 is 2.00 bits per heavy atom. The summed E-state index contributed by atoms with van der Waals surface area (Å²) in [5.41, 5.74) is 1.39. The minimum absolute atomic E-state index is 0.260. The molecule has 1 atom stereocenters. The number of hydrogen-bond donors (Lipinski definition) is 0. The Labute approximate surface area is 171 Å². The van der Waals surface area contributed by atoms with Gasteiger partial charge in [-0.1, -0.05) is 12.2 Å².